The second kappa shape index (κ2) is 6.65. The van der Waals surface area contributed by atoms with Gasteiger partial charge < -0.3 is 9.15 Å². The molecular weight excluding hydrogens is 310 g/mol. The first kappa shape index (κ1) is 15.2. The summed E-state index contributed by atoms with van der Waals surface area (Å²) in [5.74, 6) is 1.65. The molecule has 4 aromatic rings. The summed E-state index contributed by atoms with van der Waals surface area (Å²) in [5, 5.41) is 1.07. The summed E-state index contributed by atoms with van der Waals surface area (Å²) in [6.45, 7) is 0. The maximum Gasteiger partial charge on any atom is 0.138 e. The fourth-order valence-electron chi connectivity index (χ4n) is 2.71. The maximum atomic E-state index is 5.96. The first-order valence-corrected chi connectivity index (χ1v) is 8.08. The molecule has 0 fully saturated rings. The molecule has 3 nitrogen and oxygen atoms in total. The molecule has 0 saturated heterocycles. The quantitative estimate of drug-likeness (QED) is 0.484. The van der Waals surface area contributed by atoms with Gasteiger partial charge in [-0.2, -0.15) is 0 Å². The molecule has 3 heteroatoms. The highest BCUT2D eigenvalue weighted by Crippen LogP contribution is 2.30. The van der Waals surface area contributed by atoms with Gasteiger partial charge in [-0.3, -0.25) is 4.98 Å². The molecule has 0 aliphatic carbocycles. The summed E-state index contributed by atoms with van der Waals surface area (Å²) in [6.07, 6.45) is 7.74. The van der Waals surface area contributed by atoms with E-state index in [0.29, 0.717) is 0 Å². The summed E-state index contributed by atoms with van der Waals surface area (Å²) < 4.78 is 11.2. The van der Waals surface area contributed by atoms with E-state index in [0.717, 1.165) is 39.2 Å². The molecular formula is C22H17NO2. The monoisotopic (exact) mass is 327 g/mol. The van der Waals surface area contributed by atoms with Gasteiger partial charge in [0.25, 0.3) is 0 Å². The van der Waals surface area contributed by atoms with Crippen molar-refractivity contribution < 1.29 is 9.15 Å². The number of hydrogen-bond donors (Lipinski definition) is 0. The van der Waals surface area contributed by atoms with Crippen LogP contribution in [0.4, 0.5) is 0 Å². The highest BCUT2D eigenvalue weighted by Gasteiger charge is 2.07. The van der Waals surface area contributed by atoms with Crippen LogP contribution >= 0.6 is 0 Å². The minimum atomic E-state index is 0.796. The van der Waals surface area contributed by atoms with Gasteiger partial charge in [-0.15, -0.1) is 0 Å². The van der Waals surface area contributed by atoms with Crippen molar-refractivity contribution in [2.45, 2.75) is 0 Å². The van der Waals surface area contributed by atoms with E-state index in [-0.39, 0.29) is 0 Å². The Hall–Kier alpha value is -3.33. The van der Waals surface area contributed by atoms with Crippen molar-refractivity contribution in [1.29, 1.82) is 0 Å². The van der Waals surface area contributed by atoms with Gasteiger partial charge in [0.2, 0.25) is 0 Å². The van der Waals surface area contributed by atoms with Crippen LogP contribution in [0, 0.1) is 0 Å². The molecule has 0 amide bonds. The third-order valence-electron chi connectivity index (χ3n) is 4.08. The minimum Gasteiger partial charge on any atom is -0.497 e. The lowest BCUT2D eigenvalue weighted by atomic mass is 10.1. The number of pyridine rings is 1. The molecule has 2 heterocycles. The van der Waals surface area contributed by atoms with Crippen LogP contribution in [0.5, 0.6) is 5.75 Å². The van der Waals surface area contributed by atoms with Crippen molar-refractivity contribution in [2.75, 3.05) is 7.11 Å². The van der Waals surface area contributed by atoms with Crippen molar-refractivity contribution in [3.8, 4) is 17.1 Å². The Morgan fingerprint density at radius 2 is 1.76 bits per heavy atom. The van der Waals surface area contributed by atoms with E-state index < -0.39 is 0 Å². The summed E-state index contributed by atoms with van der Waals surface area (Å²) >= 11 is 0. The summed E-state index contributed by atoms with van der Waals surface area (Å²) in [5.41, 5.74) is 4.09. The van der Waals surface area contributed by atoms with Crippen molar-refractivity contribution in [3.63, 3.8) is 0 Å². The third-order valence-corrected chi connectivity index (χ3v) is 4.08. The fraction of sp³-hybridized carbons (Fsp3) is 0.0455. The van der Waals surface area contributed by atoms with Gasteiger partial charge in [0.15, 0.2) is 0 Å². The Kier molecular flexibility index (Phi) is 4.05. The van der Waals surface area contributed by atoms with E-state index in [1.807, 2.05) is 36.5 Å². The molecule has 0 aliphatic rings. The van der Waals surface area contributed by atoms with E-state index in [1.54, 1.807) is 13.3 Å². The van der Waals surface area contributed by atoms with Crippen LogP contribution in [0.25, 0.3) is 34.4 Å². The predicted octanol–water partition coefficient (Wildman–Crippen LogP) is 5.67. The van der Waals surface area contributed by atoms with Crippen LogP contribution in [-0.2, 0) is 0 Å². The number of furan rings is 1. The summed E-state index contributed by atoms with van der Waals surface area (Å²) in [4.78, 5) is 4.11. The van der Waals surface area contributed by atoms with Gasteiger partial charge in [0.05, 0.1) is 7.11 Å². The maximum absolute atomic E-state index is 5.96. The Labute approximate surface area is 146 Å². The number of ether oxygens (including phenoxy) is 1. The van der Waals surface area contributed by atoms with E-state index in [1.165, 1.54) is 0 Å². The van der Waals surface area contributed by atoms with Gasteiger partial charge >= 0.3 is 0 Å². The van der Waals surface area contributed by atoms with Gasteiger partial charge in [-0.05, 0) is 35.4 Å². The average molecular weight is 327 g/mol. The van der Waals surface area contributed by atoms with Crippen LogP contribution in [0.15, 0.2) is 77.5 Å². The fourth-order valence-corrected chi connectivity index (χ4v) is 2.71. The topological polar surface area (TPSA) is 35.3 Å². The molecule has 0 unspecified atom stereocenters. The molecule has 25 heavy (non-hydrogen) atoms. The van der Waals surface area contributed by atoms with Gasteiger partial charge in [0.1, 0.15) is 17.1 Å². The molecule has 0 saturated carbocycles. The Morgan fingerprint density at radius 3 is 2.52 bits per heavy atom. The van der Waals surface area contributed by atoms with E-state index >= 15 is 0 Å². The molecule has 2 aromatic heterocycles. The standard InChI is InChI=1S/C22H17NO2/c1-24-20-11-10-19-13-21(25-22(19)14-20)18-8-6-16(7-9-18)4-5-17-3-2-12-23-15-17/h2-15H,1H3/b5-4+. The lowest BCUT2D eigenvalue weighted by molar-refractivity contribution is 0.414. The van der Waals surface area contributed by atoms with E-state index in [4.69, 9.17) is 9.15 Å². The molecule has 0 bridgehead atoms. The minimum absolute atomic E-state index is 0.796. The summed E-state index contributed by atoms with van der Waals surface area (Å²) in [6, 6.07) is 20.2. The lowest BCUT2D eigenvalue weighted by Crippen LogP contribution is -1.79. The first-order chi connectivity index (χ1) is 12.3. The van der Waals surface area contributed by atoms with E-state index in [9.17, 15) is 0 Å². The van der Waals surface area contributed by atoms with Crippen molar-refractivity contribution >= 4 is 23.1 Å². The van der Waals surface area contributed by atoms with Crippen molar-refractivity contribution in [1.82, 2.24) is 4.98 Å². The Balaban J connectivity index is 1.58. The smallest absolute Gasteiger partial charge is 0.138 e. The number of methoxy groups -OCH3 is 1. The lowest BCUT2D eigenvalue weighted by Gasteiger charge is -1.99. The SMILES string of the molecule is COc1ccc2cc(-c3ccc(/C=C/c4cccnc4)cc3)oc2c1. The zero-order valence-electron chi connectivity index (χ0n) is 13.8. The largest absolute Gasteiger partial charge is 0.497 e. The normalized spacial score (nSPS) is 11.2. The molecule has 0 spiro atoms. The third kappa shape index (κ3) is 3.31. The average Bonchev–Trinajstić information content (AvgIpc) is 3.10. The second-order valence-electron chi connectivity index (χ2n) is 5.76. The van der Waals surface area contributed by atoms with Crippen LogP contribution < -0.4 is 4.74 Å². The number of rotatable bonds is 4. The van der Waals surface area contributed by atoms with Gasteiger partial charge in [0, 0.05) is 29.4 Å². The molecule has 4 rings (SSSR count). The number of hydrogen-bond acceptors (Lipinski definition) is 3. The summed E-state index contributed by atoms with van der Waals surface area (Å²) in [7, 11) is 1.66. The van der Waals surface area contributed by atoms with Crippen molar-refractivity contribution in [3.05, 3.63) is 84.2 Å². The van der Waals surface area contributed by atoms with Gasteiger partial charge in [-0.1, -0.05) is 42.5 Å². The molecule has 2 aromatic carbocycles. The zero-order valence-corrected chi connectivity index (χ0v) is 13.8. The van der Waals surface area contributed by atoms with Crippen LogP contribution in [0.3, 0.4) is 0 Å². The predicted molar refractivity (Wildman–Crippen MR) is 101 cm³/mol. The Bertz CT molecular complexity index is 1020. The number of aromatic nitrogens is 1. The number of fused-ring (bicyclic) bond motifs is 1. The second-order valence-corrected chi connectivity index (χ2v) is 5.76. The molecule has 0 radical (unpaired) electrons. The first-order valence-electron chi connectivity index (χ1n) is 8.08. The van der Waals surface area contributed by atoms with Gasteiger partial charge in [-0.25, -0.2) is 0 Å². The van der Waals surface area contributed by atoms with Crippen molar-refractivity contribution in [2.24, 2.45) is 0 Å². The highest BCUT2D eigenvalue weighted by molar-refractivity contribution is 5.84. The Morgan fingerprint density at radius 1 is 0.920 bits per heavy atom. The highest BCUT2D eigenvalue weighted by atomic mass is 16.5. The van der Waals surface area contributed by atoms with Crippen LogP contribution in [0.2, 0.25) is 0 Å². The number of nitrogens with zero attached hydrogens (tertiary/aromatic N) is 1. The molecule has 0 atom stereocenters. The molecule has 0 aliphatic heterocycles. The van der Waals surface area contributed by atoms with Crippen LogP contribution in [-0.4, -0.2) is 12.1 Å². The van der Waals surface area contributed by atoms with E-state index in [2.05, 4.69) is 47.5 Å². The molecule has 122 valence electrons. The van der Waals surface area contributed by atoms with Crippen LogP contribution in [0.1, 0.15) is 11.1 Å². The zero-order chi connectivity index (χ0) is 17.1. The molecule has 0 N–H and O–H groups in total. The number of benzene rings is 2.